The first-order valence-electron chi connectivity index (χ1n) is 9.03. The van der Waals surface area contributed by atoms with Crippen molar-refractivity contribution in [2.75, 3.05) is 33.3 Å². The Hall–Kier alpha value is -1.10. The van der Waals surface area contributed by atoms with Gasteiger partial charge in [-0.3, -0.25) is 0 Å². The molecule has 1 fully saturated rings. The van der Waals surface area contributed by atoms with Crippen LogP contribution >= 0.6 is 0 Å². The topological polar surface area (TPSA) is 35.9 Å². The molecule has 3 rings (SSSR count). The maximum absolute atomic E-state index is 9.75. The van der Waals surface area contributed by atoms with Gasteiger partial charge in [-0.2, -0.15) is 5.06 Å². The molecule has 1 aliphatic heterocycles. The van der Waals surface area contributed by atoms with E-state index in [4.69, 9.17) is 4.84 Å². The van der Waals surface area contributed by atoms with Gasteiger partial charge >= 0.3 is 0 Å². The van der Waals surface area contributed by atoms with E-state index in [9.17, 15) is 5.11 Å². The first-order chi connectivity index (χ1) is 11.2. The number of hydrogen-bond acceptors (Lipinski definition) is 4. The number of likely N-dealkylation sites (N-methyl/N-ethyl adjacent to an activating group) is 1. The van der Waals surface area contributed by atoms with Gasteiger partial charge in [-0.25, -0.2) is 0 Å². The largest absolute Gasteiger partial charge is 0.508 e. The molecule has 0 spiro atoms. The lowest BCUT2D eigenvalue weighted by Crippen LogP contribution is -2.44. The minimum Gasteiger partial charge on any atom is -0.508 e. The van der Waals surface area contributed by atoms with E-state index in [1.54, 1.807) is 7.11 Å². The predicted molar refractivity (Wildman–Crippen MR) is 92.5 cm³/mol. The zero-order valence-electron chi connectivity index (χ0n) is 14.5. The van der Waals surface area contributed by atoms with Gasteiger partial charge in [-0.15, -0.1) is 0 Å². The zero-order chi connectivity index (χ0) is 16.2. The molecule has 1 aromatic rings. The smallest absolute Gasteiger partial charge is 0.115 e. The van der Waals surface area contributed by atoms with Crippen LogP contribution in [0.5, 0.6) is 5.75 Å². The molecule has 0 saturated carbocycles. The van der Waals surface area contributed by atoms with E-state index in [1.165, 1.54) is 36.9 Å². The van der Waals surface area contributed by atoms with E-state index in [2.05, 4.69) is 23.0 Å². The molecule has 1 atom stereocenters. The number of aromatic hydroxyl groups is 1. The Labute approximate surface area is 140 Å². The van der Waals surface area contributed by atoms with Crippen LogP contribution in [0.3, 0.4) is 0 Å². The monoisotopic (exact) mass is 318 g/mol. The molecule has 23 heavy (non-hydrogen) atoms. The normalized spacial score (nSPS) is 23.2. The van der Waals surface area contributed by atoms with Crippen molar-refractivity contribution in [2.24, 2.45) is 5.92 Å². The molecule has 0 radical (unpaired) electrons. The second kappa shape index (κ2) is 7.65. The summed E-state index contributed by atoms with van der Waals surface area (Å²) in [5.41, 5.74) is 2.76. The highest BCUT2D eigenvalue weighted by Crippen LogP contribution is 2.29. The molecule has 4 heteroatoms. The standard InChI is InChI=1S/C19H30N2O2/c1-3-20(14-15-8-10-21(23-2)11-9-15)18-6-4-16-5-7-19(22)13-17(16)12-18/h5,7,13,15,18,22H,3-4,6,8-12,14H2,1-2H3. The molecule has 1 saturated heterocycles. The number of hydrogen-bond donors (Lipinski definition) is 1. The summed E-state index contributed by atoms with van der Waals surface area (Å²) in [7, 11) is 1.77. The summed E-state index contributed by atoms with van der Waals surface area (Å²) in [6, 6.07) is 6.50. The van der Waals surface area contributed by atoms with E-state index < -0.39 is 0 Å². The van der Waals surface area contributed by atoms with Crippen LogP contribution in [-0.2, 0) is 17.7 Å². The van der Waals surface area contributed by atoms with Crippen molar-refractivity contribution in [3.05, 3.63) is 29.3 Å². The van der Waals surface area contributed by atoms with Gasteiger partial charge in [0.15, 0.2) is 0 Å². The highest BCUT2D eigenvalue weighted by atomic mass is 16.7. The van der Waals surface area contributed by atoms with Crippen molar-refractivity contribution in [1.82, 2.24) is 9.96 Å². The Morgan fingerprint density at radius 1 is 1.22 bits per heavy atom. The van der Waals surface area contributed by atoms with E-state index in [0.29, 0.717) is 11.8 Å². The second-order valence-corrected chi connectivity index (χ2v) is 6.99. The van der Waals surface area contributed by atoms with Gasteiger partial charge in [0.2, 0.25) is 0 Å². The molecule has 0 amide bonds. The average Bonchev–Trinajstić information content (AvgIpc) is 2.59. The number of rotatable bonds is 5. The molecule has 1 N–H and O–H groups in total. The fourth-order valence-electron chi connectivity index (χ4n) is 4.18. The number of benzene rings is 1. The molecule has 0 aromatic heterocycles. The summed E-state index contributed by atoms with van der Waals surface area (Å²) in [6.45, 7) is 6.71. The molecule has 1 aromatic carbocycles. The Bertz CT molecular complexity index is 512. The molecule has 1 aliphatic carbocycles. The first-order valence-corrected chi connectivity index (χ1v) is 9.03. The molecular weight excluding hydrogens is 288 g/mol. The summed E-state index contributed by atoms with van der Waals surface area (Å²) in [4.78, 5) is 8.00. The Morgan fingerprint density at radius 2 is 2.00 bits per heavy atom. The summed E-state index contributed by atoms with van der Waals surface area (Å²) < 4.78 is 0. The maximum Gasteiger partial charge on any atom is 0.115 e. The molecule has 128 valence electrons. The third kappa shape index (κ3) is 4.06. The number of aryl methyl sites for hydroxylation is 1. The van der Waals surface area contributed by atoms with Crippen LogP contribution in [0.4, 0.5) is 0 Å². The number of phenolic OH excluding ortho intramolecular Hbond substituents is 1. The Morgan fingerprint density at radius 3 is 2.70 bits per heavy atom. The summed E-state index contributed by atoms with van der Waals surface area (Å²) in [5.74, 6) is 1.19. The highest BCUT2D eigenvalue weighted by molar-refractivity contribution is 5.37. The quantitative estimate of drug-likeness (QED) is 0.905. The molecule has 1 heterocycles. The number of nitrogens with zero attached hydrogens (tertiary/aromatic N) is 2. The van der Waals surface area contributed by atoms with E-state index >= 15 is 0 Å². The summed E-state index contributed by atoms with van der Waals surface area (Å²) in [6.07, 6.45) is 5.92. The predicted octanol–water partition coefficient (Wildman–Crippen LogP) is 2.84. The average molecular weight is 318 g/mol. The van der Waals surface area contributed by atoms with Crippen molar-refractivity contribution >= 4 is 0 Å². The van der Waals surface area contributed by atoms with Crippen molar-refractivity contribution in [2.45, 2.75) is 45.1 Å². The van der Waals surface area contributed by atoms with Gasteiger partial charge in [0.1, 0.15) is 5.75 Å². The number of phenols is 1. The van der Waals surface area contributed by atoms with Crippen molar-refractivity contribution in [1.29, 1.82) is 0 Å². The number of fused-ring (bicyclic) bond motifs is 1. The summed E-state index contributed by atoms with van der Waals surface area (Å²) >= 11 is 0. The minimum absolute atomic E-state index is 0.402. The number of hydroxylamine groups is 2. The lowest BCUT2D eigenvalue weighted by atomic mass is 9.86. The van der Waals surface area contributed by atoms with Gasteiger partial charge in [0, 0.05) is 25.7 Å². The molecular formula is C19H30N2O2. The minimum atomic E-state index is 0.402. The van der Waals surface area contributed by atoms with Gasteiger partial charge in [0.25, 0.3) is 0 Å². The third-order valence-electron chi connectivity index (χ3n) is 5.64. The molecule has 0 bridgehead atoms. The maximum atomic E-state index is 9.75. The van der Waals surface area contributed by atoms with E-state index in [1.807, 2.05) is 12.1 Å². The molecule has 2 aliphatic rings. The fourth-order valence-corrected chi connectivity index (χ4v) is 4.18. The first kappa shape index (κ1) is 16.7. The van der Waals surface area contributed by atoms with Gasteiger partial charge in [-0.05, 0) is 67.8 Å². The van der Waals surface area contributed by atoms with Crippen LogP contribution in [0, 0.1) is 5.92 Å². The van der Waals surface area contributed by atoms with E-state index in [-0.39, 0.29) is 0 Å². The molecule has 4 nitrogen and oxygen atoms in total. The second-order valence-electron chi connectivity index (χ2n) is 6.99. The van der Waals surface area contributed by atoms with Crippen LogP contribution in [0.1, 0.15) is 37.3 Å². The lowest BCUT2D eigenvalue weighted by molar-refractivity contribution is -0.149. The van der Waals surface area contributed by atoms with Crippen molar-refractivity contribution in [3.8, 4) is 5.75 Å². The van der Waals surface area contributed by atoms with Crippen molar-refractivity contribution in [3.63, 3.8) is 0 Å². The molecule has 1 unspecified atom stereocenters. The highest BCUT2D eigenvalue weighted by Gasteiger charge is 2.27. The third-order valence-corrected chi connectivity index (χ3v) is 5.64. The summed E-state index contributed by atoms with van der Waals surface area (Å²) in [5, 5.41) is 11.8. The van der Waals surface area contributed by atoms with Crippen LogP contribution in [0.15, 0.2) is 18.2 Å². The lowest BCUT2D eigenvalue weighted by Gasteiger charge is -2.38. The zero-order valence-corrected chi connectivity index (χ0v) is 14.5. The Balaban J connectivity index is 1.59. The van der Waals surface area contributed by atoms with E-state index in [0.717, 1.165) is 38.4 Å². The van der Waals surface area contributed by atoms with Crippen LogP contribution < -0.4 is 0 Å². The van der Waals surface area contributed by atoms with Crippen LogP contribution in [-0.4, -0.2) is 54.4 Å². The fraction of sp³-hybridized carbons (Fsp3) is 0.684. The SMILES string of the molecule is CCN(CC1CCN(OC)CC1)C1CCc2ccc(O)cc2C1. The van der Waals surface area contributed by atoms with Gasteiger partial charge in [0.05, 0.1) is 7.11 Å². The van der Waals surface area contributed by atoms with Gasteiger partial charge in [-0.1, -0.05) is 13.0 Å². The Kier molecular flexibility index (Phi) is 5.57. The van der Waals surface area contributed by atoms with Gasteiger partial charge < -0.3 is 14.8 Å². The number of piperidine rings is 1. The van der Waals surface area contributed by atoms with Crippen LogP contribution in [0.2, 0.25) is 0 Å². The van der Waals surface area contributed by atoms with Crippen LogP contribution in [0.25, 0.3) is 0 Å². The van der Waals surface area contributed by atoms with Crippen molar-refractivity contribution < 1.29 is 9.94 Å².